The standard InChI is InChI=1S/C17H19NO3/c1-11(2)21-13-7-12(8-18-9-13)17(19)15-10-20-16-6-4-3-5-14(15)16/h3-9,11,15,17,19H,10H2,1-2H3. The summed E-state index contributed by atoms with van der Waals surface area (Å²) in [7, 11) is 0. The third-order valence-electron chi connectivity index (χ3n) is 3.57. The number of hydrogen-bond donors (Lipinski definition) is 1. The maximum atomic E-state index is 10.7. The molecule has 0 saturated carbocycles. The van der Waals surface area contributed by atoms with Gasteiger partial charge in [-0.3, -0.25) is 4.98 Å². The van der Waals surface area contributed by atoms with Gasteiger partial charge in [0.15, 0.2) is 0 Å². The second kappa shape index (κ2) is 5.74. The molecule has 1 aromatic carbocycles. The van der Waals surface area contributed by atoms with Crippen molar-refractivity contribution < 1.29 is 14.6 Å². The molecular formula is C17H19NO3. The molecule has 1 aliphatic heterocycles. The van der Waals surface area contributed by atoms with Crippen LogP contribution in [0.3, 0.4) is 0 Å². The highest BCUT2D eigenvalue weighted by molar-refractivity contribution is 5.41. The minimum Gasteiger partial charge on any atom is -0.493 e. The molecule has 0 amide bonds. The van der Waals surface area contributed by atoms with E-state index in [9.17, 15) is 5.11 Å². The van der Waals surface area contributed by atoms with E-state index in [1.807, 2.05) is 44.2 Å². The molecule has 2 heterocycles. The highest BCUT2D eigenvalue weighted by Crippen LogP contribution is 2.41. The van der Waals surface area contributed by atoms with Crippen molar-refractivity contribution in [2.24, 2.45) is 0 Å². The van der Waals surface area contributed by atoms with Crippen molar-refractivity contribution >= 4 is 0 Å². The molecule has 21 heavy (non-hydrogen) atoms. The molecule has 1 aromatic heterocycles. The Labute approximate surface area is 124 Å². The van der Waals surface area contributed by atoms with Gasteiger partial charge in [0.25, 0.3) is 0 Å². The predicted molar refractivity (Wildman–Crippen MR) is 79.6 cm³/mol. The number of benzene rings is 1. The summed E-state index contributed by atoms with van der Waals surface area (Å²) in [6.45, 7) is 4.41. The molecule has 4 nitrogen and oxygen atoms in total. The molecule has 110 valence electrons. The van der Waals surface area contributed by atoms with Crippen LogP contribution in [-0.2, 0) is 0 Å². The van der Waals surface area contributed by atoms with Gasteiger partial charge in [0.1, 0.15) is 11.5 Å². The predicted octanol–water partition coefficient (Wildman–Crippen LogP) is 3.08. The van der Waals surface area contributed by atoms with E-state index >= 15 is 0 Å². The van der Waals surface area contributed by atoms with Crippen LogP contribution < -0.4 is 9.47 Å². The summed E-state index contributed by atoms with van der Waals surface area (Å²) in [6, 6.07) is 9.67. The first-order valence-electron chi connectivity index (χ1n) is 7.16. The fourth-order valence-corrected chi connectivity index (χ4v) is 2.62. The summed E-state index contributed by atoms with van der Waals surface area (Å²) in [4.78, 5) is 4.16. The van der Waals surface area contributed by atoms with Crippen LogP contribution in [0.1, 0.15) is 37.0 Å². The number of para-hydroxylation sites is 1. The van der Waals surface area contributed by atoms with Crippen LogP contribution in [-0.4, -0.2) is 22.8 Å². The van der Waals surface area contributed by atoms with Crippen LogP contribution in [0.4, 0.5) is 0 Å². The van der Waals surface area contributed by atoms with Crippen molar-refractivity contribution in [2.75, 3.05) is 6.61 Å². The SMILES string of the molecule is CC(C)Oc1cncc(C(O)C2COc3ccccc32)c1. The van der Waals surface area contributed by atoms with E-state index < -0.39 is 6.10 Å². The lowest BCUT2D eigenvalue weighted by Gasteiger charge is -2.18. The van der Waals surface area contributed by atoms with E-state index in [2.05, 4.69) is 4.98 Å². The zero-order chi connectivity index (χ0) is 14.8. The summed E-state index contributed by atoms with van der Waals surface area (Å²) >= 11 is 0. The van der Waals surface area contributed by atoms with E-state index in [0.29, 0.717) is 12.4 Å². The molecule has 0 saturated heterocycles. The normalized spacial score (nSPS) is 18.2. The van der Waals surface area contributed by atoms with Crippen LogP contribution in [0.2, 0.25) is 0 Å². The first-order valence-corrected chi connectivity index (χ1v) is 7.16. The Kier molecular flexibility index (Phi) is 3.80. The van der Waals surface area contributed by atoms with Gasteiger partial charge in [-0.05, 0) is 26.0 Å². The number of aliphatic hydroxyl groups is 1. The third kappa shape index (κ3) is 2.85. The number of fused-ring (bicyclic) bond motifs is 1. The third-order valence-corrected chi connectivity index (χ3v) is 3.57. The molecule has 0 bridgehead atoms. The van der Waals surface area contributed by atoms with Gasteiger partial charge in [-0.1, -0.05) is 18.2 Å². The molecule has 1 aliphatic rings. The maximum absolute atomic E-state index is 10.7. The number of hydrogen-bond acceptors (Lipinski definition) is 4. The molecule has 0 spiro atoms. The Bertz CT molecular complexity index is 627. The second-order valence-electron chi connectivity index (χ2n) is 5.52. The van der Waals surface area contributed by atoms with Gasteiger partial charge in [-0.15, -0.1) is 0 Å². The van der Waals surface area contributed by atoms with Crippen molar-refractivity contribution in [3.63, 3.8) is 0 Å². The smallest absolute Gasteiger partial charge is 0.138 e. The number of nitrogens with zero attached hydrogens (tertiary/aromatic N) is 1. The van der Waals surface area contributed by atoms with Crippen LogP contribution >= 0.6 is 0 Å². The largest absolute Gasteiger partial charge is 0.493 e. The second-order valence-corrected chi connectivity index (χ2v) is 5.52. The van der Waals surface area contributed by atoms with E-state index in [-0.39, 0.29) is 12.0 Å². The number of pyridine rings is 1. The van der Waals surface area contributed by atoms with Gasteiger partial charge in [-0.2, -0.15) is 0 Å². The van der Waals surface area contributed by atoms with Crippen LogP contribution in [0.15, 0.2) is 42.7 Å². The topological polar surface area (TPSA) is 51.6 Å². The molecule has 1 N–H and O–H groups in total. The van der Waals surface area contributed by atoms with Crippen LogP contribution in [0.5, 0.6) is 11.5 Å². The average molecular weight is 285 g/mol. The zero-order valence-corrected chi connectivity index (χ0v) is 12.2. The molecule has 3 rings (SSSR count). The molecule has 2 unspecified atom stereocenters. The number of ether oxygens (including phenoxy) is 2. The Morgan fingerprint density at radius 1 is 1.29 bits per heavy atom. The Morgan fingerprint density at radius 3 is 2.90 bits per heavy atom. The Morgan fingerprint density at radius 2 is 2.10 bits per heavy atom. The van der Waals surface area contributed by atoms with Gasteiger partial charge in [0.05, 0.1) is 30.9 Å². The summed E-state index contributed by atoms with van der Waals surface area (Å²) in [6.07, 6.45) is 2.76. The lowest BCUT2D eigenvalue weighted by Crippen LogP contribution is -2.13. The minimum absolute atomic E-state index is 0.0719. The zero-order valence-electron chi connectivity index (χ0n) is 12.2. The minimum atomic E-state index is -0.656. The van der Waals surface area contributed by atoms with Crippen LogP contribution in [0.25, 0.3) is 0 Å². The molecule has 0 fully saturated rings. The molecule has 0 radical (unpaired) electrons. The van der Waals surface area contributed by atoms with Gasteiger partial charge in [0.2, 0.25) is 0 Å². The summed E-state index contributed by atoms with van der Waals surface area (Å²) in [5.74, 6) is 1.45. The Hall–Kier alpha value is -2.07. The van der Waals surface area contributed by atoms with Crippen LogP contribution in [0, 0.1) is 0 Å². The van der Waals surface area contributed by atoms with Crippen molar-refractivity contribution in [3.05, 3.63) is 53.9 Å². The van der Waals surface area contributed by atoms with E-state index in [1.54, 1.807) is 12.4 Å². The van der Waals surface area contributed by atoms with Gasteiger partial charge >= 0.3 is 0 Å². The fourth-order valence-electron chi connectivity index (χ4n) is 2.62. The van der Waals surface area contributed by atoms with E-state index in [0.717, 1.165) is 16.9 Å². The summed E-state index contributed by atoms with van der Waals surface area (Å²) in [5, 5.41) is 10.7. The molecule has 2 atom stereocenters. The molecule has 0 aliphatic carbocycles. The monoisotopic (exact) mass is 285 g/mol. The molecular weight excluding hydrogens is 266 g/mol. The number of aromatic nitrogens is 1. The van der Waals surface area contributed by atoms with Gasteiger partial charge in [0, 0.05) is 17.3 Å². The van der Waals surface area contributed by atoms with Crippen molar-refractivity contribution in [2.45, 2.75) is 32.0 Å². The first-order chi connectivity index (χ1) is 10.1. The average Bonchev–Trinajstić information content (AvgIpc) is 2.90. The van der Waals surface area contributed by atoms with Crippen molar-refractivity contribution in [3.8, 4) is 11.5 Å². The quantitative estimate of drug-likeness (QED) is 0.938. The highest BCUT2D eigenvalue weighted by atomic mass is 16.5. The van der Waals surface area contributed by atoms with Crippen molar-refractivity contribution in [1.29, 1.82) is 0 Å². The number of rotatable bonds is 4. The molecule has 4 heteroatoms. The Balaban J connectivity index is 1.84. The lowest BCUT2D eigenvalue weighted by atomic mass is 9.91. The van der Waals surface area contributed by atoms with Gasteiger partial charge < -0.3 is 14.6 Å². The first kappa shape index (κ1) is 13.9. The van der Waals surface area contributed by atoms with Gasteiger partial charge in [-0.25, -0.2) is 0 Å². The number of aliphatic hydroxyl groups excluding tert-OH is 1. The maximum Gasteiger partial charge on any atom is 0.138 e. The lowest BCUT2D eigenvalue weighted by molar-refractivity contribution is 0.129. The molecule has 2 aromatic rings. The van der Waals surface area contributed by atoms with E-state index in [4.69, 9.17) is 9.47 Å². The summed E-state index contributed by atoms with van der Waals surface area (Å²) in [5.41, 5.74) is 1.79. The fraction of sp³-hybridized carbons (Fsp3) is 0.353. The summed E-state index contributed by atoms with van der Waals surface area (Å²) < 4.78 is 11.3. The highest BCUT2D eigenvalue weighted by Gasteiger charge is 2.31. The van der Waals surface area contributed by atoms with E-state index in [1.165, 1.54) is 0 Å². The van der Waals surface area contributed by atoms with Crippen molar-refractivity contribution in [1.82, 2.24) is 4.98 Å².